The van der Waals surface area contributed by atoms with E-state index in [2.05, 4.69) is 50.9 Å². The van der Waals surface area contributed by atoms with Gasteiger partial charge in [0, 0.05) is 10.9 Å². The zero-order valence-corrected chi connectivity index (χ0v) is 13.8. The van der Waals surface area contributed by atoms with Gasteiger partial charge in [0.15, 0.2) is 0 Å². The van der Waals surface area contributed by atoms with E-state index in [1.165, 1.54) is 27.7 Å². The van der Waals surface area contributed by atoms with E-state index in [-0.39, 0.29) is 5.60 Å². The first-order valence-corrected chi connectivity index (χ1v) is 8.44. The number of para-hydroxylation sites is 1. The maximum atomic E-state index is 6.37. The Morgan fingerprint density at radius 2 is 2.10 bits per heavy atom. The third-order valence-corrected chi connectivity index (χ3v) is 5.48. The number of fused-ring (bicyclic) bond motifs is 3. The van der Waals surface area contributed by atoms with Crippen LogP contribution in [0.2, 0.25) is 0 Å². The van der Waals surface area contributed by atoms with Crippen LogP contribution in [-0.2, 0) is 23.2 Å². The molecule has 114 valence electrons. The van der Waals surface area contributed by atoms with Crippen LogP contribution in [0.4, 0.5) is 0 Å². The van der Waals surface area contributed by atoms with E-state index in [4.69, 9.17) is 4.74 Å². The molecule has 21 heavy (non-hydrogen) atoms. The fraction of sp³-hybridized carbons (Fsp3) is 0.579. The predicted octanol–water partition coefficient (Wildman–Crippen LogP) is 4.95. The van der Waals surface area contributed by atoms with Gasteiger partial charge in [-0.25, -0.2) is 0 Å². The van der Waals surface area contributed by atoms with Gasteiger partial charge in [-0.05, 0) is 36.3 Å². The summed E-state index contributed by atoms with van der Waals surface area (Å²) in [5.74, 6) is 0.527. The fourth-order valence-corrected chi connectivity index (χ4v) is 4.00. The molecule has 2 nitrogen and oxygen atoms in total. The van der Waals surface area contributed by atoms with Crippen LogP contribution in [0.25, 0.3) is 10.9 Å². The van der Waals surface area contributed by atoms with Gasteiger partial charge in [-0.2, -0.15) is 0 Å². The lowest BCUT2D eigenvalue weighted by Crippen LogP contribution is -2.40. The number of aromatic nitrogens is 1. The standard InChI is InChI=1S/C19H27NO/c1-5-13(4)19(7-3)18-16(11-12-21-19)15-10-8-9-14(6-2)17(15)20-18/h8-10,13,20H,5-7,11-12H2,1-4H3. The van der Waals surface area contributed by atoms with E-state index >= 15 is 0 Å². The highest BCUT2D eigenvalue weighted by molar-refractivity contribution is 5.88. The van der Waals surface area contributed by atoms with Crippen molar-refractivity contribution >= 4 is 10.9 Å². The van der Waals surface area contributed by atoms with Crippen molar-refractivity contribution in [3.8, 4) is 0 Å². The summed E-state index contributed by atoms with van der Waals surface area (Å²) in [6.07, 6.45) is 4.27. The maximum absolute atomic E-state index is 6.37. The summed E-state index contributed by atoms with van der Waals surface area (Å²) in [5.41, 5.74) is 5.45. The monoisotopic (exact) mass is 285 g/mol. The lowest BCUT2D eigenvalue weighted by molar-refractivity contribution is -0.104. The summed E-state index contributed by atoms with van der Waals surface area (Å²) < 4.78 is 6.37. The molecule has 2 aromatic rings. The van der Waals surface area contributed by atoms with Gasteiger partial charge in [0.25, 0.3) is 0 Å². The molecule has 0 bridgehead atoms. The smallest absolute Gasteiger partial charge is 0.110 e. The van der Waals surface area contributed by atoms with Gasteiger partial charge >= 0.3 is 0 Å². The van der Waals surface area contributed by atoms with E-state index < -0.39 is 0 Å². The zero-order valence-electron chi connectivity index (χ0n) is 13.8. The minimum Gasteiger partial charge on any atom is -0.368 e. The van der Waals surface area contributed by atoms with Gasteiger partial charge in [-0.3, -0.25) is 0 Å². The van der Waals surface area contributed by atoms with Crippen molar-refractivity contribution < 1.29 is 4.74 Å². The third-order valence-electron chi connectivity index (χ3n) is 5.48. The van der Waals surface area contributed by atoms with E-state index in [1.54, 1.807) is 0 Å². The Balaban J connectivity index is 2.26. The van der Waals surface area contributed by atoms with Crippen LogP contribution in [-0.4, -0.2) is 11.6 Å². The largest absolute Gasteiger partial charge is 0.368 e. The molecule has 0 amide bonds. The summed E-state index contributed by atoms with van der Waals surface area (Å²) in [6, 6.07) is 6.70. The van der Waals surface area contributed by atoms with Crippen LogP contribution in [0, 0.1) is 5.92 Å². The maximum Gasteiger partial charge on any atom is 0.110 e. The Bertz CT molecular complexity index is 642. The van der Waals surface area contributed by atoms with Crippen molar-refractivity contribution in [3.63, 3.8) is 0 Å². The molecule has 2 heterocycles. The molecular weight excluding hydrogens is 258 g/mol. The molecule has 0 radical (unpaired) electrons. The van der Waals surface area contributed by atoms with Crippen LogP contribution in [0.5, 0.6) is 0 Å². The first-order valence-electron chi connectivity index (χ1n) is 8.44. The molecule has 0 spiro atoms. The quantitative estimate of drug-likeness (QED) is 0.844. The van der Waals surface area contributed by atoms with Gasteiger partial charge in [-0.15, -0.1) is 0 Å². The molecule has 1 aliphatic rings. The molecule has 1 aromatic heterocycles. The zero-order chi connectivity index (χ0) is 15.0. The van der Waals surface area contributed by atoms with E-state index in [1.807, 2.05) is 0 Å². The highest BCUT2D eigenvalue weighted by atomic mass is 16.5. The van der Waals surface area contributed by atoms with Crippen LogP contribution in [0.3, 0.4) is 0 Å². The van der Waals surface area contributed by atoms with Gasteiger partial charge in [-0.1, -0.05) is 52.3 Å². The van der Waals surface area contributed by atoms with Crippen molar-refractivity contribution in [2.45, 2.75) is 59.0 Å². The summed E-state index contributed by atoms with van der Waals surface area (Å²) in [4.78, 5) is 3.77. The number of aromatic amines is 1. The number of hydrogen-bond acceptors (Lipinski definition) is 1. The lowest BCUT2D eigenvalue weighted by Gasteiger charge is -2.41. The molecule has 2 atom stereocenters. The highest BCUT2D eigenvalue weighted by Crippen LogP contribution is 2.45. The van der Waals surface area contributed by atoms with Gasteiger partial charge in [0.1, 0.15) is 5.60 Å². The first kappa shape index (κ1) is 14.6. The summed E-state index contributed by atoms with van der Waals surface area (Å²) >= 11 is 0. The second-order valence-corrected chi connectivity index (χ2v) is 6.32. The van der Waals surface area contributed by atoms with Crippen LogP contribution >= 0.6 is 0 Å². The topological polar surface area (TPSA) is 25.0 Å². The number of benzene rings is 1. The second-order valence-electron chi connectivity index (χ2n) is 6.32. The minimum absolute atomic E-state index is 0.133. The number of ether oxygens (including phenoxy) is 1. The number of nitrogens with one attached hydrogen (secondary N) is 1. The summed E-state index contributed by atoms with van der Waals surface area (Å²) in [7, 11) is 0. The molecule has 1 aliphatic heterocycles. The predicted molar refractivity (Wildman–Crippen MR) is 88.8 cm³/mol. The Kier molecular flexibility index (Phi) is 3.83. The summed E-state index contributed by atoms with van der Waals surface area (Å²) in [6.45, 7) is 9.92. The molecular formula is C19H27NO. The van der Waals surface area contributed by atoms with Crippen molar-refractivity contribution in [1.82, 2.24) is 4.98 Å². The SMILES string of the molecule is CCc1cccc2c3c([nH]c12)C(CC)(C(C)CC)OCC3. The molecule has 2 heteroatoms. The average molecular weight is 285 g/mol. The van der Waals surface area contributed by atoms with Gasteiger partial charge in [0.05, 0.1) is 12.3 Å². The van der Waals surface area contributed by atoms with Crippen molar-refractivity contribution in [3.05, 3.63) is 35.0 Å². The van der Waals surface area contributed by atoms with Crippen molar-refractivity contribution in [1.29, 1.82) is 0 Å². The van der Waals surface area contributed by atoms with Crippen LogP contribution in [0.1, 0.15) is 57.4 Å². The van der Waals surface area contributed by atoms with E-state index in [9.17, 15) is 0 Å². The molecule has 3 rings (SSSR count). The number of aryl methyl sites for hydroxylation is 1. The first-order chi connectivity index (χ1) is 10.2. The van der Waals surface area contributed by atoms with Crippen molar-refractivity contribution in [2.24, 2.45) is 5.92 Å². The van der Waals surface area contributed by atoms with Crippen molar-refractivity contribution in [2.75, 3.05) is 6.61 Å². The lowest BCUT2D eigenvalue weighted by atomic mass is 9.78. The highest BCUT2D eigenvalue weighted by Gasteiger charge is 2.42. The Morgan fingerprint density at radius 1 is 1.29 bits per heavy atom. The number of H-pyrrole nitrogens is 1. The van der Waals surface area contributed by atoms with E-state index in [0.717, 1.165) is 32.3 Å². The minimum atomic E-state index is -0.133. The van der Waals surface area contributed by atoms with Crippen LogP contribution < -0.4 is 0 Å². The molecule has 1 aromatic carbocycles. The Morgan fingerprint density at radius 3 is 2.76 bits per heavy atom. The van der Waals surface area contributed by atoms with E-state index in [0.29, 0.717) is 5.92 Å². The molecule has 1 N–H and O–H groups in total. The Labute approximate surface area is 127 Å². The molecule has 0 fully saturated rings. The van der Waals surface area contributed by atoms with Crippen LogP contribution in [0.15, 0.2) is 18.2 Å². The molecule has 2 unspecified atom stereocenters. The summed E-state index contributed by atoms with van der Waals surface area (Å²) in [5, 5.41) is 1.41. The molecule has 0 aliphatic carbocycles. The molecule has 0 saturated heterocycles. The fourth-order valence-electron chi connectivity index (χ4n) is 4.00. The average Bonchev–Trinajstić information content (AvgIpc) is 2.93. The normalized spacial score (nSPS) is 23.2. The number of rotatable bonds is 4. The Hall–Kier alpha value is -1.28. The number of hydrogen-bond donors (Lipinski definition) is 1. The second kappa shape index (κ2) is 5.49. The van der Waals surface area contributed by atoms with Gasteiger partial charge < -0.3 is 9.72 Å². The third kappa shape index (κ3) is 2.03. The van der Waals surface area contributed by atoms with Gasteiger partial charge in [0.2, 0.25) is 0 Å². The molecule has 0 saturated carbocycles.